The van der Waals surface area contributed by atoms with Gasteiger partial charge in [0.25, 0.3) is 0 Å². The third-order valence-corrected chi connectivity index (χ3v) is 4.74. The number of nitrogens with two attached hydrogens (primary N) is 1. The molecule has 2 aliphatic rings. The van der Waals surface area contributed by atoms with E-state index in [9.17, 15) is 0 Å². The fourth-order valence-electron chi connectivity index (χ4n) is 3.21. The van der Waals surface area contributed by atoms with E-state index in [2.05, 4.69) is 28.9 Å². The Kier molecular flexibility index (Phi) is 4.72. The Labute approximate surface area is 133 Å². The Bertz CT molecular complexity index is 477. The molecule has 0 bridgehead atoms. The maximum Gasteiger partial charge on any atom is 0.0410 e. The lowest BCUT2D eigenvalue weighted by molar-refractivity contribution is 0.248. The van der Waals surface area contributed by atoms with Crippen molar-refractivity contribution in [3.05, 3.63) is 28.8 Å². The molecule has 1 heterocycles. The normalized spacial score (nSPS) is 21.6. The van der Waals surface area contributed by atoms with Gasteiger partial charge in [-0.1, -0.05) is 11.6 Å². The molecule has 1 saturated carbocycles. The molecule has 4 heteroatoms. The van der Waals surface area contributed by atoms with E-state index < -0.39 is 0 Å². The van der Waals surface area contributed by atoms with E-state index in [1.54, 1.807) is 0 Å². The number of hydrogen-bond acceptors (Lipinski definition) is 3. The largest absolute Gasteiger partial charge is 0.369 e. The molecular weight excluding hydrogens is 282 g/mol. The number of piperazine rings is 1. The first-order chi connectivity index (χ1) is 10.1. The van der Waals surface area contributed by atoms with Crippen LogP contribution in [0.4, 0.5) is 5.69 Å². The first-order valence-electron chi connectivity index (χ1n) is 8.13. The van der Waals surface area contributed by atoms with Gasteiger partial charge >= 0.3 is 0 Å². The van der Waals surface area contributed by atoms with E-state index in [0.717, 1.165) is 30.5 Å². The average Bonchev–Trinajstić information content (AvgIpc) is 3.23. The van der Waals surface area contributed by atoms with Crippen molar-refractivity contribution in [2.24, 2.45) is 11.7 Å². The summed E-state index contributed by atoms with van der Waals surface area (Å²) in [6, 6.07) is 6.41. The molecule has 1 aromatic rings. The van der Waals surface area contributed by atoms with Crippen LogP contribution < -0.4 is 10.6 Å². The van der Waals surface area contributed by atoms with Crippen molar-refractivity contribution in [2.75, 3.05) is 37.6 Å². The molecule has 3 nitrogen and oxygen atoms in total. The van der Waals surface area contributed by atoms with Gasteiger partial charge < -0.3 is 10.6 Å². The molecule has 0 spiro atoms. The maximum absolute atomic E-state index is 6.16. The van der Waals surface area contributed by atoms with Crippen molar-refractivity contribution >= 4 is 17.3 Å². The predicted octanol–water partition coefficient (Wildman–Crippen LogP) is 2.76. The van der Waals surface area contributed by atoms with E-state index in [4.69, 9.17) is 17.3 Å². The molecule has 1 aromatic carbocycles. The second-order valence-electron chi connectivity index (χ2n) is 6.69. The molecule has 3 rings (SSSR count). The third-order valence-electron chi connectivity index (χ3n) is 4.51. The standard InChI is InChI=1S/C17H26ClN3/c1-13(19)10-15-11-16(18)4-5-17(15)21-8-6-20(7-9-21)12-14-2-3-14/h4-5,11,13-14H,2-3,6-10,12,19H2,1H3. The van der Waals surface area contributed by atoms with Gasteiger partial charge in [0.1, 0.15) is 0 Å². The van der Waals surface area contributed by atoms with Crippen LogP contribution in [0.5, 0.6) is 0 Å². The highest BCUT2D eigenvalue weighted by atomic mass is 35.5. The second kappa shape index (κ2) is 6.55. The first-order valence-corrected chi connectivity index (χ1v) is 8.51. The maximum atomic E-state index is 6.16. The molecule has 0 aromatic heterocycles. The van der Waals surface area contributed by atoms with Crippen LogP contribution in [0.1, 0.15) is 25.3 Å². The number of benzene rings is 1. The van der Waals surface area contributed by atoms with E-state index in [0.29, 0.717) is 0 Å². The van der Waals surface area contributed by atoms with Crippen LogP contribution in [0.15, 0.2) is 18.2 Å². The lowest BCUT2D eigenvalue weighted by Crippen LogP contribution is -2.47. The molecule has 2 N–H and O–H groups in total. The van der Waals surface area contributed by atoms with Gasteiger partial charge in [0.05, 0.1) is 0 Å². The predicted molar refractivity (Wildman–Crippen MR) is 90.2 cm³/mol. The van der Waals surface area contributed by atoms with Gasteiger partial charge in [-0.05, 0) is 55.9 Å². The molecule has 1 saturated heterocycles. The number of rotatable bonds is 5. The molecule has 116 valence electrons. The zero-order valence-electron chi connectivity index (χ0n) is 12.9. The van der Waals surface area contributed by atoms with E-state index in [1.165, 1.54) is 43.7 Å². The summed E-state index contributed by atoms with van der Waals surface area (Å²) < 4.78 is 0. The minimum atomic E-state index is 0.165. The van der Waals surface area contributed by atoms with E-state index in [1.807, 2.05) is 6.07 Å². The molecule has 2 fully saturated rings. The van der Waals surface area contributed by atoms with Crippen LogP contribution in [-0.4, -0.2) is 43.7 Å². The van der Waals surface area contributed by atoms with Gasteiger partial charge in [0.15, 0.2) is 0 Å². The highest BCUT2D eigenvalue weighted by Crippen LogP contribution is 2.31. The minimum Gasteiger partial charge on any atom is -0.369 e. The lowest BCUT2D eigenvalue weighted by atomic mass is 10.0. The second-order valence-corrected chi connectivity index (χ2v) is 7.12. The molecule has 0 radical (unpaired) electrons. The molecular formula is C17H26ClN3. The lowest BCUT2D eigenvalue weighted by Gasteiger charge is -2.37. The zero-order valence-corrected chi connectivity index (χ0v) is 13.6. The van der Waals surface area contributed by atoms with Crippen LogP contribution in [-0.2, 0) is 6.42 Å². The summed E-state index contributed by atoms with van der Waals surface area (Å²) in [5, 5.41) is 0.807. The molecule has 1 atom stereocenters. The number of nitrogens with zero attached hydrogens (tertiary/aromatic N) is 2. The van der Waals surface area contributed by atoms with Crippen molar-refractivity contribution in [1.29, 1.82) is 0 Å². The topological polar surface area (TPSA) is 32.5 Å². The van der Waals surface area contributed by atoms with Crippen LogP contribution in [0.3, 0.4) is 0 Å². The Balaban J connectivity index is 1.66. The van der Waals surface area contributed by atoms with Crippen LogP contribution in [0.2, 0.25) is 5.02 Å². The van der Waals surface area contributed by atoms with Gasteiger partial charge in [-0.25, -0.2) is 0 Å². The quantitative estimate of drug-likeness (QED) is 0.908. The first kappa shape index (κ1) is 15.1. The van der Waals surface area contributed by atoms with Crippen LogP contribution >= 0.6 is 11.6 Å². The molecule has 21 heavy (non-hydrogen) atoms. The van der Waals surface area contributed by atoms with Gasteiger partial charge in [-0.3, -0.25) is 4.90 Å². The van der Waals surface area contributed by atoms with Gasteiger partial charge in [0.2, 0.25) is 0 Å². The van der Waals surface area contributed by atoms with E-state index >= 15 is 0 Å². The number of halogens is 1. The Morgan fingerprint density at radius 3 is 2.57 bits per heavy atom. The van der Waals surface area contributed by atoms with Crippen LogP contribution in [0, 0.1) is 5.92 Å². The summed E-state index contributed by atoms with van der Waals surface area (Å²) in [6.45, 7) is 7.94. The van der Waals surface area contributed by atoms with Gasteiger partial charge in [-0.2, -0.15) is 0 Å². The third kappa shape index (κ3) is 4.12. The summed E-state index contributed by atoms with van der Waals surface area (Å²) in [7, 11) is 0. The van der Waals surface area contributed by atoms with E-state index in [-0.39, 0.29) is 6.04 Å². The van der Waals surface area contributed by atoms with Crippen molar-refractivity contribution in [1.82, 2.24) is 4.90 Å². The monoisotopic (exact) mass is 307 g/mol. The fraction of sp³-hybridized carbons (Fsp3) is 0.647. The highest BCUT2D eigenvalue weighted by molar-refractivity contribution is 6.30. The Morgan fingerprint density at radius 2 is 1.95 bits per heavy atom. The summed E-state index contributed by atoms with van der Waals surface area (Å²) in [5.41, 5.74) is 8.59. The SMILES string of the molecule is CC(N)Cc1cc(Cl)ccc1N1CCN(CC2CC2)CC1. The van der Waals surface area contributed by atoms with Crippen molar-refractivity contribution in [3.63, 3.8) is 0 Å². The Hall–Kier alpha value is -0.770. The van der Waals surface area contributed by atoms with Crippen molar-refractivity contribution < 1.29 is 0 Å². The summed E-state index contributed by atoms with van der Waals surface area (Å²) in [5.74, 6) is 0.987. The summed E-state index contributed by atoms with van der Waals surface area (Å²) >= 11 is 6.16. The smallest absolute Gasteiger partial charge is 0.0410 e. The van der Waals surface area contributed by atoms with Gasteiger partial charge in [0, 0.05) is 49.5 Å². The van der Waals surface area contributed by atoms with Gasteiger partial charge in [-0.15, -0.1) is 0 Å². The number of hydrogen-bond donors (Lipinski definition) is 1. The Morgan fingerprint density at radius 1 is 1.24 bits per heavy atom. The molecule has 0 amide bonds. The highest BCUT2D eigenvalue weighted by Gasteiger charge is 2.26. The molecule has 1 aliphatic carbocycles. The average molecular weight is 308 g/mol. The summed E-state index contributed by atoms with van der Waals surface area (Å²) in [4.78, 5) is 5.12. The fourth-order valence-corrected chi connectivity index (χ4v) is 3.40. The minimum absolute atomic E-state index is 0.165. The van der Waals surface area contributed by atoms with Crippen LogP contribution in [0.25, 0.3) is 0 Å². The summed E-state index contributed by atoms with van der Waals surface area (Å²) in [6.07, 6.45) is 3.77. The van der Waals surface area contributed by atoms with Crippen molar-refractivity contribution in [3.8, 4) is 0 Å². The van der Waals surface area contributed by atoms with Crippen molar-refractivity contribution in [2.45, 2.75) is 32.2 Å². The molecule has 1 unspecified atom stereocenters. The number of anilines is 1. The molecule has 1 aliphatic heterocycles. The zero-order chi connectivity index (χ0) is 14.8.